The second-order valence-corrected chi connectivity index (χ2v) is 29.8. The van der Waals surface area contributed by atoms with Gasteiger partial charge in [0.15, 0.2) is 0 Å². The number of phenolic OH excluding ortho intramolecular Hbond substituents is 1. The van der Waals surface area contributed by atoms with Crippen molar-refractivity contribution in [3.05, 3.63) is 174 Å². The maximum atomic E-state index is 15.4. The number of carboxylic acids is 1. The van der Waals surface area contributed by atoms with Crippen molar-refractivity contribution in [1.29, 1.82) is 0 Å². The van der Waals surface area contributed by atoms with Crippen LogP contribution in [0.3, 0.4) is 0 Å². The summed E-state index contributed by atoms with van der Waals surface area (Å²) in [4.78, 5) is 213. The molecule has 0 saturated carbocycles. The molecule has 27 N–H and O–H groups in total. The van der Waals surface area contributed by atoms with E-state index in [4.69, 9.17) is 22.9 Å². The number of aromatic nitrogens is 1. The Morgan fingerprint density at radius 3 is 1.20 bits per heavy atom. The molecule has 0 spiro atoms. The summed E-state index contributed by atoms with van der Waals surface area (Å²) in [6.45, 7) is 0.845. The highest BCUT2D eigenvalue weighted by atomic mass is 32.1. The molecule has 0 fully saturated rings. The second-order valence-electron chi connectivity index (χ2n) is 29.1. The molecule has 1 heterocycles. The van der Waals surface area contributed by atoms with Gasteiger partial charge in [0.05, 0.1) is 37.8 Å². The van der Waals surface area contributed by atoms with Crippen LogP contribution in [0.1, 0.15) is 86.6 Å². The maximum absolute atomic E-state index is 15.4. The fourth-order valence-electron chi connectivity index (χ4n) is 12.7. The Labute approximate surface area is 714 Å². The minimum Gasteiger partial charge on any atom is -0.508 e. The SMILES string of the molecule is C[C@@H](O)[C@H](NC(=O)[C@H](Cc1ccccc1)NC(=O)[C@@H](NC(=O)[C@H](CCCCN)NC(=O)[C@H](Cc1c[nH]c2ccccc12)NC(=O)[C@H](Cc1ccccc1)NC(=O)[C@H](Cc1ccccc1)NC(=O)[C@H](CC(N)=O)NC(=O)[C@H](CCCCN)NC(=O)[C@H](CS)NC(=O)CNC(=O)[C@@H](N)Cc1ccc(O)cc1)[C@@H](C)O)C(=O)N[C@@H](CO)C(=O)N[C@@H](CS)C(=O)O. The smallest absolute Gasteiger partial charge is 0.327 e. The van der Waals surface area contributed by atoms with Gasteiger partial charge in [0, 0.05) is 54.3 Å². The number of aromatic hydroxyl groups is 1. The number of rotatable bonds is 52. The lowest BCUT2D eigenvalue weighted by molar-refractivity contribution is -0.142. The quantitative estimate of drug-likeness (QED) is 0.0126. The van der Waals surface area contributed by atoms with Crippen molar-refractivity contribution < 1.29 is 97.5 Å². The van der Waals surface area contributed by atoms with E-state index >= 15 is 14.4 Å². The number of amides is 14. The van der Waals surface area contributed by atoms with E-state index in [9.17, 15) is 83.1 Å². The number of carbonyl (C=O) groups excluding carboxylic acids is 14. The summed E-state index contributed by atoms with van der Waals surface area (Å²) in [6.07, 6.45) is -3.08. The third-order valence-corrected chi connectivity index (χ3v) is 20.1. The van der Waals surface area contributed by atoms with Gasteiger partial charge in [-0.2, -0.15) is 25.3 Å². The minimum atomic E-state index is -1.92. The van der Waals surface area contributed by atoms with Crippen LogP contribution >= 0.6 is 25.3 Å². The first-order chi connectivity index (χ1) is 58.3. The van der Waals surface area contributed by atoms with Gasteiger partial charge < -0.3 is 123 Å². The minimum absolute atomic E-state index is 0.00571. The average molecular weight is 1730 g/mol. The fourth-order valence-corrected chi connectivity index (χ4v) is 13.2. The van der Waals surface area contributed by atoms with Gasteiger partial charge in [0.25, 0.3) is 0 Å². The van der Waals surface area contributed by atoms with Gasteiger partial charge in [-0.3, -0.25) is 67.1 Å². The molecule has 0 aliphatic rings. The number of aliphatic hydroxyl groups is 3. The molecule has 38 nitrogen and oxygen atoms in total. The van der Waals surface area contributed by atoms with E-state index in [2.05, 4.69) is 99.4 Å². The number of carbonyl (C=O) groups is 15. The maximum Gasteiger partial charge on any atom is 0.327 e. The second kappa shape index (κ2) is 50.9. The van der Waals surface area contributed by atoms with Crippen molar-refractivity contribution in [3.8, 4) is 5.75 Å². The zero-order valence-electron chi connectivity index (χ0n) is 67.3. The Kier molecular flexibility index (Phi) is 41.2. The van der Waals surface area contributed by atoms with Gasteiger partial charge in [-0.15, -0.1) is 0 Å². The molecule has 1 aromatic heterocycles. The van der Waals surface area contributed by atoms with Crippen LogP contribution in [0.5, 0.6) is 5.75 Å². The Morgan fingerprint density at radius 2 is 0.762 bits per heavy atom. The summed E-state index contributed by atoms with van der Waals surface area (Å²) in [7, 11) is 0. The fraction of sp³-hybridized carbons (Fsp3) is 0.427. The van der Waals surface area contributed by atoms with Crippen molar-refractivity contribution in [2.75, 3.05) is 37.7 Å². The number of para-hydroxylation sites is 1. The third kappa shape index (κ3) is 32.5. The van der Waals surface area contributed by atoms with Gasteiger partial charge in [-0.05, 0) is 118 Å². The number of hydrogen-bond acceptors (Lipinski definition) is 24. The molecule has 0 aliphatic heterocycles. The molecule has 660 valence electrons. The zero-order valence-corrected chi connectivity index (χ0v) is 69.1. The lowest BCUT2D eigenvalue weighted by Crippen LogP contribution is -2.63. The molecule has 6 aromatic rings. The van der Waals surface area contributed by atoms with Crippen molar-refractivity contribution in [2.45, 2.75) is 182 Å². The van der Waals surface area contributed by atoms with E-state index in [-0.39, 0.29) is 88.1 Å². The van der Waals surface area contributed by atoms with E-state index in [1.54, 1.807) is 134 Å². The zero-order chi connectivity index (χ0) is 89.5. The summed E-state index contributed by atoms with van der Waals surface area (Å²) >= 11 is 8.14. The van der Waals surface area contributed by atoms with Crippen LogP contribution in [0.15, 0.2) is 146 Å². The van der Waals surface area contributed by atoms with Gasteiger partial charge in [-0.25, -0.2) is 4.79 Å². The largest absolute Gasteiger partial charge is 0.508 e. The first kappa shape index (κ1) is 98.8. The predicted octanol–water partition coefficient (Wildman–Crippen LogP) is -4.52. The number of aliphatic hydroxyl groups excluding tert-OH is 3. The Balaban J connectivity index is 1.26. The molecule has 0 unspecified atom stereocenters. The summed E-state index contributed by atoms with van der Waals surface area (Å²) in [5.41, 5.74) is 26.6. The normalized spacial score (nSPS) is 14.8. The molecular formula is C82H110N18O20S2. The number of aliphatic carboxylic acids is 1. The first-order valence-corrected chi connectivity index (χ1v) is 40.7. The Bertz CT molecular complexity index is 4500. The molecule has 40 heteroatoms. The Morgan fingerprint density at radius 1 is 0.402 bits per heavy atom. The van der Waals surface area contributed by atoms with Crippen LogP contribution in [0.25, 0.3) is 10.9 Å². The number of nitrogens with two attached hydrogens (primary N) is 4. The molecule has 122 heavy (non-hydrogen) atoms. The van der Waals surface area contributed by atoms with E-state index < -0.39 is 199 Å². The summed E-state index contributed by atoms with van der Waals surface area (Å²) in [5.74, 6) is -16.6. The van der Waals surface area contributed by atoms with E-state index in [1.807, 2.05) is 0 Å². The van der Waals surface area contributed by atoms with Crippen molar-refractivity contribution in [1.82, 2.24) is 74.1 Å². The molecule has 14 amide bonds. The van der Waals surface area contributed by atoms with Gasteiger partial charge in [0.2, 0.25) is 82.7 Å². The van der Waals surface area contributed by atoms with Crippen LogP contribution < -0.4 is 92.1 Å². The van der Waals surface area contributed by atoms with Gasteiger partial charge in [0.1, 0.15) is 78.3 Å². The van der Waals surface area contributed by atoms with Crippen molar-refractivity contribution in [3.63, 3.8) is 0 Å². The summed E-state index contributed by atoms with van der Waals surface area (Å²) in [5, 5.41) is 84.1. The molecule has 15 atom stereocenters. The number of aromatic amines is 1. The molecule has 0 bridgehead atoms. The van der Waals surface area contributed by atoms with Crippen LogP contribution in [0.2, 0.25) is 0 Å². The standard InChI is InChI=1S/C82H110N18O20S2/c1-45(102)68(80(117)96-60(37-49-22-10-5-11-23-49)77(114)100-69(46(2)103)81(118)97-63(42-101)78(115)98-65(44-122)82(119)120)99-72(109)57(27-15-17-33-84)90-75(112)61(38-51-40-87-55-25-13-12-24-53(51)55)94-74(111)59(36-48-20-8-4-9-21-48)92-73(110)58(35-47-18-6-3-7-19-47)93-76(113)62(39-66(86)105)95-71(108)56(26-14-16-32-83)91-79(116)64(43-121)89-67(106)41-88-70(107)54(85)34-50-28-30-52(104)31-29-50/h3-13,18-25,28-31,40,45-46,54,56-65,68-69,87,101-104,121-122H,14-17,26-27,32-39,41-44,83-85H2,1-2H3,(H2,86,105)(H,88,107)(H,89,106)(H,90,112)(H,91,116)(H,92,110)(H,93,113)(H,94,111)(H,95,108)(H,96,117)(H,97,118)(H,98,115)(H,99,109)(H,100,114)(H,119,120)/t45-,46-,54+,56+,57+,58+,59+,60+,61+,62+,63+,64+,65+,68+,69+/m1/s1. The molecular weight excluding hydrogens is 1620 g/mol. The molecule has 6 rings (SSSR count). The predicted molar refractivity (Wildman–Crippen MR) is 454 cm³/mol. The number of nitrogens with one attached hydrogen (secondary N) is 14. The van der Waals surface area contributed by atoms with E-state index in [0.29, 0.717) is 51.6 Å². The summed E-state index contributed by atoms with van der Waals surface area (Å²) < 4.78 is 0. The number of phenols is 1. The molecule has 5 aromatic carbocycles. The van der Waals surface area contributed by atoms with Crippen LogP contribution in [-0.2, 0) is 104 Å². The van der Waals surface area contributed by atoms with Crippen LogP contribution in [-0.4, -0.2) is 248 Å². The number of primary amides is 1. The molecule has 0 radical (unpaired) electrons. The number of unbranched alkanes of at least 4 members (excludes halogenated alkanes) is 2. The van der Waals surface area contributed by atoms with Gasteiger partial charge in [-0.1, -0.05) is 121 Å². The van der Waals surface area contributed by atoms with Crippen LogP contribution in [0.4, 0.5) is 0 Å². The topological polar surface area (TPSA) is 633 Å². The highest BCUT2D eigenvalue weighted by molar-refractivity contribution is 7.80. The number of carboxylic acid groups (broad SMARTS) is 1. The number of hydrogen-bond donors (Lipinski definition) is 25. The van der Waals surface area contributed by atoms with Crippen molar-refractivity contribution >= 4 is 125 Å². The summed E-state index contributed by atoms with van der Waals surface area (Å²) in [6, 6.07) is 16.5. The Hall–Kier alpha value is -12.0. The first-order valence-electron chi connectivity index (χ1n) is 39.5. The van der Waals surface area contributed by atoms with Crippen LogP contribution in [0, 0.1) is 0 Å². The van der Waals surface area contributed by atoms with Crippen molar-refractivity contribution in [2.24, 2.45) is 22.9 Å². The number of thiol groups is 2. The lowest BCUT2D eigenvalue weighted by atomic mass is 10.00. The monoisotopic (exact) mass is 1730 g/mol. The van der Waals surface area contributed by atoms with E-state index in [0.717, 1.165) is 13.8 Å². The third-order valence-electron chi connectivity index (χ3n) is 19.4. The number of fused-ring (bicyclic) bond motifs is 1. The van der Waals surface area contributed by atoms with E-state index in [1.165, 1.54) is 12.1 Å². The lowest BCUT2D eigenvalue weighted by Gasteiger charge is -2.29. The highest BCUT2D eigenvalue weighted by Gasteiger charge is 2.40. The molecule has 0 aliphatic carbocycles. The number of benzene rings is 5. The average Bonchev–Trinajstić information content (AvgIpc) is 1.63. The molecule has 0 saturated heterocycles. The number of H-pyrrole nitrogens is 1. The highest BCUT2D eigenvalue weighted by Crippen LogP contribution is 2.21. The van der Waals surface area contributed by atoms with Gasteiger partial charge >= 0.3 is 5.97 Å².